The maximum absolute atomic E-state index is 11.9. The van der Waals surface area contributed by atoms with Crippen molar-refractivity contribution in [3.8, 4) is 0 Å². The molecule has 0 aromatic rings. The molecule has 0 radical (unpaired) electrons. The van der Waals surface area contributed by atoms with E-state index in [4.69, 9.17) is 0 Å². The molecular weight excluding hydrogens is 202 g/mol. The van der Waals surface area contributed by atoms with Crippen molar-refractivity contribution in [2.24, 2.45) is 0 Å². The van der Waals surface area contributed by atoms with Crippen molar-refractivity contribution < 1.29 is 24.6 Å². The highest BCUT2D eigenvalue weighted by Crippen LogP contribution is 2.37. The topological polar surface area (TPSA) is 68.3 Å². The van der Waals surface area contributed by atoms with E-state index in [9.17, 15) is 24.6 Å². The third-order valence-corrected chi connectivity index (χ3v) is 4.06. The summed E-state index contributed by atoms with van der Waals surface area (Å²) in [4.78, 5) is 0. The number of halogens is 2. The second kappa shape index (κ2) is 2.13. The molecule has 0 aromatic heterocycles. The lowest BCUT2D eigenvalue weighted by molar-refractivity contribution is 0.540. The van der Waals surface area contributed by atoms with Crippen molar-refractivity contribution in [1.29, 1.82) is 0 Å². The van der Waals surface area contributed by atoms with Gasteiger partial charge >= 0.3 is 20.4 Å². The maximum atomic E-state index is 11.9. The van der Waals surface area contributed by atoms with Crippen molar-refractivity contribution >= 4 is 20.4 Å². The summed E-state index contributed by atoms with van der Waals surface area (Å²) in [6.45, 7) is 0. The normalized spacial score (nSPS) is 31.8. The van der Waals surface area contributed by atoms with Crippen molar-refractivity contribution in [3.05, 3.63) is 0 Å². The lowest BCUT2D eigenvalue weighted by atomic mass is 11.0. The molecule has 8 heteroatoms. The molecule has 1 fully saturated rings. The summed E-state index contributed by atoms with van der Waals surface area (Å²) in [5.74, 6) is 0. The van der Waals surface area contributed by atoms with E-state index in [0.717, 1.165) is 0 Å². The third-order valence-electron chi connectivity index (χ3n) is 1.40. The van der Waals surface area contributed by atoms with Crippen LogP contribution in [0.2, 0.25) is 0 Å². The average molecular weight is 206 g/mol. The molecule has 0 bridgehead atoms. The number of hydrogen-bond donors (Lipinski definition) is 0. The van der Waals surface area contributed by atoms with E-state index >= 15 is 0 Å². The Kier molecular flexibility index (Phi) is 1.71. The molecule has 0 N–H and O–H groups in total. The van der Waals surface area contributed by atoms with Gasteiger partial charge in [0.1, 0.15) is 10.5 Å². The summed E-state index contributed by atoms with van der Waals surface area (Å²) in [6.07, 6.45) is -0.475. The summed E-state index contributed by atoms with van der Waals surface area (Å²) < 4.78 is 63.6. The van der Waals surface area contributed by atoms with Crippen LogP contribution in [0, 0.1) is 0 Å². The predicted molar refractivity (Wildman–Crippen MR) is 32.2 cm³/mol. The maximum Gasteiger partial charge on any atom is 0.306 e. The van der Waals surface area contributed by atoms with Gasteiger partial charge in [-0.15, -0.1) is 7.77 Å². The Balaban J connectivity index is 2.81. The average Bonchev–Trinajstić information content (AvgIpc) is 2.30. The summed E-state index contributed by atoms with van der Waals surface area (Å²) >= 11 is 0. The van der Waals surface area contributed by atoms with Crippen LogP contribution in [0.5, 0.6) is 0 Å². The van der Waals surface area contributed by atoms with Crippen molar-refractivity contribution in [3.63, 3.8) is 0 Å². The molecule has 66 valence electrons. The molecule has 0 aliphatic heterocycles. The van der Waals surface area contributed by atoms with Crippen LogP contribution in [-0.2, 0) is 20.4 Å². The first-order valence-electron chi connectivity index (χ1n) is 2.60. The zero-order valence-electron chi connectivity index (χ0n) is 5.07. The van der Waals surface area contributed by atoms with E-state index in [0.29, 0.717) is 0 Å². The van der Waals surface area contributed by atoms with Gasteiger partial charge in [0.05, 0.1) is 0 Å². The van der Waals surface area contributed by atoms with Gasteiger partial charge in [-0.25, -0.2) is 0 Å². The molecule has 0 spiro atoms. The van der Waals surface area contributed by atoms with Crippen molar-refractivity contribution in [2.45, 2.75) is 16.9 Å². The van der Waals surface area contributed by atoms with E-state index in [2.05, 4.69) is 0 Å². The van der Waals surface area contributed by atoms with Crippen LogP contribution in [0.15, 0.2) is 0 Å². The van der Waals surface area contributed by atoms with Gasteiger partial charge in [-0.3, -0.25) is 0 Å². The lowest BCUT2D eigenvalue weighted by Crippen LogP contribution is -2.09. The van der Waals surface area contributed by atoms with E-state index in [1.54, 1.807) is 0 Å². The van der Waals surface area contributed by atoms with Gasteiger partial charge in [-0.05, 0) is 6.42 Å². The Morgan fingerprint density at radius 2 is 1.18 bits per heavy atom. The van der Waals surface area contributed by atoms with E-state index in [-0.39, 0.29) is 0 Å². The highest BCUT2D eigenvalue weighted by molar-refractivity contribution is 7.92. The summed E-state index contributed by atoms with van der Waals surface area (Å²) in [7, 11) is -9.76. The summed E-state index contributed by atoms with van der Waals surface area (Å²) in [5, 5.41) is -3.37. The molecule has 0 heterocycles. The zero-order valence-corrected chi connectivity index (χ0v) is 6.70. The number of rotatable bonds is 2. The first kappa shape index (κ1) is 8.85. The van der Waals surface area contributed by atoms with Crippen molar-refractivity contribution in [1.82, 2.24) is 0 Å². The van der Waals surface area contributed by atoms with Crippen LogP contribution in [-0.4, -0.2) is 27.3 Å². The van der Waals surface area contributed by atoms with Gasteiger partial charge in [0.15, 0.2) is 0 Å². The molecule has 0 saturated heterocycles. The van der Waals surface area contributed by atoms with Crippen LogP contribution < -0.4 is 0 Å². The molecule has 0 aromatic carbocycles. The van der Waals surface area contributed by atoms with Gasteiger partial charge in [0.25, 0.3) is 0 Å². The number of hydrogen-bond acceptors (Lipinski definition) is 4. The van der Waals surface area contributed by atoms with Gasteiger partial charge in [-0.2, -0.15) is 16.8 Å². The standard InChI is InChI=1S/C3H4F2O4S2/c4-10(6,7)2-1-3(2)11(5,8)9/h2-3H,1H2. The van der Waals surface area contributed by atoms with Gasteiger partial charge in [-0.1, -0.05) is 0 Å². The van der Waals surface area contributed by atoms with Crippen LogP contribution in [0.25, 0.3) is 0 Å². The fourth-order valence-electron chi connectivity index (χ4n) is 0.743. The molecule has 2 unspecified atom stereocenters. The fraction of sp³-hybridized carbons (Fsp3) is 1.00. The molecular formula is C3H4F2O4S2. The Morgan fingerprint density at radius 1 is 0.909 bits per heavy atom. The Bertz CT molecular complexity index is 319. The molecule has 0 amide bonds. The van der Waals surface area contributed by atoms with Crippen molar-refractivity contribution in [2.75, 3.05) is 0 Å². The monoisotopic (exact) mass is 206 g/mol. The predicted octanol–water partition coefficient (Wildman–Crippen LogP) is -0.274. The fourth-order valence-corrected chi connectivity index (χ4v) is 3.26. The van der Waals surface area contributed by atoms with Gasteiger partial charge in [0.2, 0.25) is 0 Å². The minimum Gasteiger partial charge on any atom is -0.195 e. The minimum absolute atomic E-state index is 0.475. The second-order valence-corrected chi connectivity index (χ2v) is 5.38. The van der Waals surface area contributed by atoms with E-state index in [1.165, 1.54) is 0 Å². The Labute approximate surface area is 62.6 Å². The Hall–Kier alpha value is -0.240. The van der Waals surface area contributed by atoms with Crippen LogP contribution in [0.1, 0.15) is 6.42 Å². The molecule has 4 nitrogen and oxygen atoms in total. The molecule has 1 saturated carbocycles. The zero-order chi connectivity index (χ0) is 8.86. The first-order chi connectivity index (χ1) is 4.73. The van der Waals surface area contributed by atoms with E-state index in [1.807, 2.05) is 0 Å². The molecule has 11 heavy (non-hydrogen) atoms. The smallest absolute Gasteiger partial charge is 0.195 e. The largest absolute Gasteiger partial charge is 0.306 e. The Morgan fingerprint density at radius 3 is 1.27 bits per heavy atom. The van der Waals surface area contributed by atoms with E-state index < -0.39 is 37.4 Å². The SMILES string of the molecule is O=S(=O)(F)C1CC1S(=O)(=O)F. The third kappa shape index (κ3) is 1.86. The van der Waals surface area contributed by atoms with Crippen LogP contribution >= 0.6 is 0 Å². The van der Waals surface area contributed by atoms with Crippen LogP contribution in [0.3, 0.4) is 0 Å². The molecule has 1 aliphatic carbocycles. The summed E-state index contributed by atoms with van der Waals surface area (Å²) in [6, 6.07) is 0. The highest BCUT2D eigenvalue weighted by Gasteiger charge is 2.56. The van der Waals surface area contributed by atoms with Gasteiger partial charge < -0.3 is 0 Å². The lowest BCUT2D eigenvalue weighted by Gasteiger charge is -1.87. The highest BCUT2D eigenvalue weighted by atomic mass is 32.3. The summed E-state index contributed by atoms with van der Waals surface area (Å²) in [5.41, 5.74) is 0. The van der Waals surface area contributed by atoms with Gasteiger partial charge in [0, 0.05) is 0 Å². The molecule has 1 aliphatic rings. The minimum atomic E-state index is -4.88. The van der Waals surface area contributed by atoms with Crippen LogP contribution in [0.4, 0.5) is 7.77 Å². The quantitative estimate of drug-likeness (QED) is 0.583. The molecule has 1 rings (SSSR count). The second-order valence-electron chi connectivity index (χ2n) is 2.26. The first-order valence-corrected chi connectivity index (χ1v) is 5.49. The molecule has 2 atom stereocenters.